The minimum absolute atomic E-state index is 0.263. The zero-order valence-corrected chi connectivity index (χ0v) is 19.3. The Morgan fingerprint density at radius 1 is 1.19 bits per heavy atom. The Hall–Kier alpha value is -2.69. The lowest BCUT2D eigenvalue weighted by atomic mass is 10.1. The molecule has 2 aromatic heterocycles. The molecule has 0 bridgehead atoms. The first kappa shape index (κ1) is 22.5. The average molecular weight is 460 g/mol. The van der Waals surface area contributed by atoms with Gasteiger partial charge in [0.05, 0.1) is 27.7 Å². The van der Waals surface area contributed by atoms with E-state index in [-0.39, 0.29) is 11.5 Å². The van der Waals surface area contributed by atoms with Gasteiger partial charge in [-0.3, -0.25) is 9.89 Å². The van der Waals surface area contributed by atoms with Crippen molar-refractivity contribution in [1.82, 2.24) is 24.8 Å². The minimum Gasteiger partial charge on any atom is -0.492 e. The summed E-state index contributed by atoms with van der Waals surface area (Å²) in [5, 5.41) is 5.81. The molecular formula is C22H29N5O4S. The van der Waals surface area contributed by atoms with Gasteiger partial charge in [-0.1, -0.05) is 19.9 Å². The molecule has 1 saturated carbocycles. The molecule has 1 aliphatic rings. The Morgan fingerprint density at radius 2 is 1.97 bits per heavy atom. The summed E-state index contributed by atoms with van der Waals surface area (Å²) in [6.45, 7) is 7.73. The summed E-state index contributed by atoms with van der Waals surface area (Å²) >= 11 is 0. The van der Waals surface area contributed by atoms with E-state index < -0.39 is 15.3 Å². The summed E-state index contributed by atoms with van der Waals surface area (Å²) in [7, 11) is -1.99. The van der Waals surface area contributed by atoms with Crippen molar-refractivity contribution in [3.8, 4) is 17.0 Å². The quantitative estimate of drug-likeness (QED) is 0.427. The van der Waals surface area contributed by atoms with E-state index in [9.17, 15) is 13.2 Å². The molecule has 2 heterocycles. The molecule has 0 saturated heterocycles. The van der Waals surface area contributed by atoms with E-state index in [2.05, 4.69) is 38.7 Å². The van der Waals surface area contributed by atoms with Gasteiger partial charge in [-0.15, -0.1) is 0 Å². The number of ether oxygens (including phenoxy) is 1. The fraction of sp³-hybridized carbons (Fsp3) is 0.455. The van der Waals surface area contributed by atoms with E-state index in [0.717, 1.165) is 36.3 Å². The molecule has 3 N–H and O–H groups in total. The zero-order chi connectivity index (χ0) is 22.9. The highest BCUT2D eigenvalue weighted by molar-refractivity contribution is 7.90. The first-order chi connectivity index (χ1) is 15.4. The van der Waals surface area contributed by atoms with Gasteiger partial charge >= 0.3 is 0 Å². The smallest absolute Gasteiger partial charge is 0.273 e. The van der Waals surface area contributed by atoms with Gasteiger partial charge in [0.2, 0.25) is 10.0 Å². The molecule has 0 spiro atoms. The lowest BCUT2D eigenvalue weighted by Gasteiger charge is -2.18. The number of sulfonamides is 1. The molecule has 1 fully saturated rings. The Labute approximate surface area is 187 Å². The number of aromatic amines is 2. The van der Waals surface area contributed by atoms with Crippen molar-refractivity contribution in [3.63, 3.8) is 0 Å². The molecule has 2 unspecified atom stereocenters. The van der Waals surface area contributed by atoms with Crippen molar-refractivity contribution in [1.29, 1.82) is 0 Å². The van der Waals surface area contributed by atoms with Crippen LogP contribution in [0.4, 0.5) is 0 Å². The third-order valence-electron chi connectivity index (χ3n) is 6.08. The van der Waals surface area contributed by atoms with Crippen LogP contribution in [0.15, 0.2) is 35.1 Å². The van der Waals surface area contributed by atoms with Gasteiger partial charge in [0, 0.05) is 17.8 Å². The number of H-pyrrole nitrogens is 2. The Morgan fingerprint density at radius 3 is 2.69 bits per heavy atom. The number of pyridine rings is 1. The molecule has 172 valence electrons. The van der Waals surface area contributed by atoms with Crippen LogP contribution in [0, 0.1) is 0 Å². The molecule has 0 amide bonds. The number of hydrogen-bond donors (Lipinski definition) is 3. The minimum atomic E-state index is -3.39. The first-order valence-corrected chi connectivity index (χ1v) is 12.4. The first-order valence-electron chi connectivity index (χ1n) is 10.9. The predicted octanol–water partition coefficient (Wildman–Crippen LogP) is 2.04. The molecule has 1 aliphatic carbocycles. The maximum absolute atomic E-state index is 12.5. The van der Waals surface area contributed by atoms with Crippen LogP contribution in [0.5, 0.6) is 5.75 Å². The second-order valence-electron chi connectivity index (χ2n) is 7.92. The summed E-state index contributed by atoms with van der Waals surface area (Å²) in [6.07, 6.45) is 0.464. The highest BCUT2D eigenvalue weighted by atomic mass is 32.2. The zero-order valence-electron chi connectivity index (χ0n) is 18.5. The summed E-state index contributed by atoms with van der Waals surface area (Å²) < 4.78 is 32.5. The van der Waals surface area contributed by atoms with Crippen molar-refractivity contribution < 1.29 is 13.2 Å². The van der Waals surface area contributed by atoms with Crippen molar-refractivity contribution >= 4 is 20.9 Å². The standard InChI is InChI=1S/C22H29N5O4S/c1-4-27(5-2)10-11-31-15-7-9-17-14(12-15)6-8-18(24-17)20-21(25-26-22(20)28)16-13-19(16)32(29,30)23-3/h6-9,12,16,19,23H,4-5,10-11,13H2,1-3H3,(H2,25,26,28). The lowest BCUT2D eigenvalue weighted by Crippen LogP contribution is -2.27. The lowest BCUT2D eigenvalue weighted by molar-refractivity contribution is 0.223. The third kappa shape index (κ3) is 4.43. The number of nitrogens with zero attached hydrogens (tertiary/aromatic N) is 2. The molecule has 3 aromatic rings. The molecule has 0 aliphatic heterocycles. The van der Waals surface area contributed by atoms with Crippen molar-refractivity contribution in [2.45, 2.75) is 31.4 Å². The molecule has 4 rings (SSSR count). The van der Waals surface area contributed by atoms with E-state index in [0.29, 0.717) is 30.0 Å². The second kappa shape index (κ2) is 9.05. The van der Waals surface area contributed by atoms with Gasteiger partial charge in [-0.25, -0.2) is 18.1 Å². The number of likely N-dealkylation sites (N-methyl/N-ethyl adjacent to an activating group) is 1. The van der Waals surface area contributed by atoms with E-state index in [1.54, 1.807) is 6.07 Å². The van der Waals surface area contributed by atoms with E-state index in [1.165, 1.54) is 7.05 Å². The molecule has 0 radical (unpaired) electrons. The highest BCUT2D eigenvalue weighted by Crippen LogP contribution is 2.46. The van der Waals surface area contributed by atoms with Crippen LogP contribution in [0.1, 0.15) is 31.9 Å². The average Bonchev–Trinajstić information content (AvgIpc) is 3.52. The van der Waals surface area contributed by atoms with Crippen LogP contribution in [-0.2, 0) is 10.0 Å². The van der Waals surface area contributed by atoms with Crippen LogP contribution >= 0.6 is 0 Å². The van der Waals surface area contributed by atoms with Crippen molar-refractivity contribution in [2.75, 3.05) is 33.3 Å². The van der Waals surface area contributed by atoms with Gasteiger partial charge in [-0.05, 0) is 50.8 Å². The fourth-order valence-electron chi connectivity index (χ4n) is 4.04. The summed E-state index contributed by atoms with van der Waals surface area (Å²) in [5.74, 6) is 0.512. The monoisotopic (exact) mass is 459 g/mol. The fourth-order valence-corrected chi connectivity index (χ4v) is 5.37. The van der Waals surface area contributed by atoms with Crippen LogP contribution in [0.25, 0.3) is 22.2 Å². The number of fused-ring (bicyclic) bond motifs is 1. The SMILES string of the molecule is CCN(CC)CCOc1ccc2nc(-c3c(C4CC4S(=O)(=O)NC)[nH][nH]c3=O)ccc2c1. The molecule has 2 atom stereocenters. The van der Waals surface area contributed by atoms with E-state index in [4.69, 9.17) is 4.74 Å². The summed E-state index contributed by atoms with van der Waals surface area (Å²) in [4.78, 5) is 19.5. The van der Waals surface area contributed by atoms with E-state index in [1.807, 2.05) is 24.3 Å². The van der Waals surface area contributed by atoms with Gasteiger partial charge in [-0.2, -0.15) is 0 Å². The van der Waals surface area contributed by atoms with Crippen LogP contribution in [0.3, 0.4) is 0 Å². The van der Waals surface area contributed by atoms with Crippen LogP contribution < -0.4 is 15.0 Å². The summed E-state index contributed by atoms with van der Waals surface area (Å²) in [5.41, 5.74) is 1.92. The number of rotatable bonds is 10. The molecule has 9 nitrogen and oxygen atoms in total. The van der Waals surface area contributed by atoms with Crippen LogP contribution in [0.2, 0.25) is 0 Å². The molecule has 10 heteroatoms. The maximum atomic E-state index is 12.5. The topological polar surface area (TPSA) is 120 Å². The van der Waals surface area contributed by atoms with Gasteiger partial charge < -0.3 is 14.7 Å². The van der Waals surface area contributed by atoms with Gasteiger partial charge in [0.1, 0.15) is 12.4 Å². The number of aromatic nitrogens is 3. The van der Waals surface area contributed by atoms with Gasteiger partial charge in [0.15, 0.2) is 0 Å². The highest BCUT2D eigenvalue weighted by Gasteiger charge is 2.50. The normalized spacial score (nSPS) is 18.4. The molecule has 32 heavy (non-hydrogen) atoms. The van der Waals surface area contributed by atoms with Crippen molar-refractivity contribution in [3.05, 3.63) is 46.4 Å². The molecular weight excluding hydrogens is 430 g/mol. The maximum Gasteiger partial charge on any atom is 0.273 e. The Bertz CT molecular complexity index is 1260. The Balaban J connectivity index is 1.55. The van der Waals surface area contributed by atoms with Crippen molar-refractivity contribution in [2.24, 2.45) is 0 Å². The van der Waals surface area contributed by atoms with Crippen LogP contribution in [-0.4, -0.2) is 67.0 Å². The van der Waals surface area contributed by atoms with Gasteiger partial charge in [0.25, 0.3) is 5.56 Å². The molecule has 1 aromatic carbocycles. The number of benzene rings is 1. The predicted molar refractivity (Wildman–Crippen MR) is 125 cm³/mol. The largest absolute Gasteiger partial charge is 0.492 e. The van der Waals surface area contributed by atoms with E-state index >= 15 is 0 Å². The number of hydrogen-bond acceptors (Lipinski definition) is 6. The third-order valence-corrected chi connectivity index (χ3v) is 7.97. The number of nitrogens with one attached hydrogen (secondary N) is 3. The second-order valence-corrected chi connectivity index (χ2v) is 10.0. The summed E-state index contributed by atoms with van der Waals surface area (Å²) in [6, 6.07) is 9.37. The Kier molecular flexibility index (Phi) is 6.36.